The number of rotatable bonds is 0. The van der Waals surface area contributed by atoms with E-state index >= 15 is 0 Å². The Balaban J connectivity index is 2.56. The molecule has 0 N–H and O–H groups in total. The first-order chi connectivity index (χ1) is 5.68. The second-order valence-corrected chi connectivity index (χ2v) is 4.59. The van der Waals surface area contributed by atoms with Crippen molar-refractivity contribution in [3.05, 3.63) is 33.3 Å². The number of hydrogen-bond acceptors (Lipinski definition) is 0. The maximum atomic E-state index is 3.58. The predicted octanol–water partition coefficient (Wildman–Crippen LogP) is 3.81. The van der Waals surface area contributed by atoms with E-state index in [1.54, 1.807) is 11.1 Å². The maximum absolute atomic E-state index is 3.58. The first-order valence-corrected chi connectivity index (χ1v) is 5.26. The second kappa shape index (κ2) is 2.88. The molecule has 1 atom stereocenters. The van der Waals surface area contributed by atoms with Crippen LogP contribution in [0.4, 0.5) is 0 Å². The van der Waals surface area contributed by atoms with E-state index < -0.39 is 0 Å². The van der Waals surface area contributed by atoms with E-state index in [-0.39, 0.29) is 0 Å². The average molecular weight is 225 g/mol. The van der Waals surface area contributed by atoms with Gasteiger partial charge in [-0.3, -0.25) is 0 Å². The summed E-state index contributed by atoms with van der Waals surface area (Å²) in [4.78, 5) is 0. The summed E-state index contributed by atoms with van der Waals surface area (Å²) in [6, 6.07) is 4.62. The van der Waals surface area contributed by atoms with Gasteiger partial charge in [0.2, 0.25) is 0 Å². The highest BCUT2D eigenvalue weighted by atomic mass is 79.9. The smallest absolute Gasteiger partial charge is 0.0207 e. The van der Waals surface area contributed by atoms with Crippen LogP contribution in [-0.2, 0) is 6.42 Å². The number of fused-ring (bicyclic) bond motifs is 1. The Hall–Kier alpha value is -0.300. The summed E-state index contributed by atoms with van der Waals surface area (Å²) in [5.41, 5.74) is 4.47. The lowest BCUT2D eigenvalue weighted by Crippen LogP contribution is -1.88. The summed E-state index contributed by atoms with van der Waals surface area (Å²) < 4.78 is 1.26. The molecule has 1 heteroatoms. The van der Waals surface area contributed by atoms with Crippen molar-refractivity contribution in [2.75, 3.05) is 0 Å². The Morgan fingerprint density at radius 2 is 2.17 bits per heavy atom. The van der Waals surface area contributed by atoms with Crippen LogP contribution in [0.1, 0.15) is 36.0 Å². The first-order valence-electron chi connectivity index (χ1n) is 4.47. The normalized spacial score (nSPS) is 21.1. The fourth-order valence-corrected chi connectivity index (χ4v) is 2.32. The molecule has 0 nitrogen and oxygen atoms in total. The Kier molecular flexibility index (Phi) is 1.99. The van der Waals surface area contributed by atoms with Gasteiger partial charge in [0.05, 0.1) is 0 Å². The summed E-state index contributed by atoms with van der Waals surface area (Å²) in [5.74, 6) is 0.761. The molecule has 64 valence electrons. The Morgan fingerprint density at radius 1 is 1.42 bits per heavy atom. The van der Waals surface area contributed by atoms with Crippen molar-refractivity contribution in [1.82, 2.24) is 0 Å². The van der Waals surface area contributed by atoms with Crippen molar-refractivity contribution < 1.29 is 0 Å². The lowest BCUT2D eigenvalue weighted by atomic mass is 10.0. The molecule has 0 bridgehead atoms. The largest absolute Gasteiger partial charge is 0.0584 e. The standard InChI is InChI=1S/C11H13Br/c1-7-3-4-9-5-8(2)11(12)6-10(7)9/h5-7H,3-4H2,1-2H3. The van der Waals surface area contributed by atoms with Gasteiger partial charge >= 0.3 is 0 Å². The number of hydrogen-bond donors (Lipinski definition) is 0. The molecule has 0 fully saturated rings. The highest BCUT2D eigenvalue weighted by Gasteiger charge is 2.18. The van der Waals surface area contributed by atoms with E-state index in [2.05, 4.69) is 41.9 Å². The van der Waals surface area contributed by atoms with Gasteiger partial charge in [0.25, 0.3) is 0 Å². The van der Waals surface area contributed by atoms with E-state index in [0.717, 1.165) is 5.92 Å². The Bertz CT molecular complexity index is 315. The minimum Gasteiger partial charge on any atom is -0.0584 e. The predicted molar refractivity (Wildman–Crippen MR) is 55.6 cm³/mol. The van der Waals surface area contributed by atoms with Gasteiger partial charge in [0.1, 0.15) is 0 Å². The average Bonchev–Trinajstić information content (AvgIpc) is 2.35. The van der Waals surface area contributed by atoms with Crippen LogP contribution in [0, 0.1) is 6.92 Å². The van der Waals surface area contributed by atoms with Gasteiger partial charge in [0.15, 0.2) is 0 Å². The molecule has 0 aliphatic heterocycles. The number of halogens is 1. The molecule has 1 aromatic rings. The van der Waals surface area contributed by atoms with Gasteiger partial charge in [0, 0.05) is 4.47 Å². The zero-order valence-corrected chi connectivity index (χ0v) is 9.11. The van der Waals surface area contributed by atoms with Crippen molar-refractivity contribution in [2.24, 2.45) is 0 Å². The van der Waals surface area contributed by atoms with Crippen molar-refractivity contribution in [1.29, 1.82) is 0 Å². The zero-order chi connectivity index (χ0) is 8.72. The molecular formula is C11H13Br. The summed E-state index contributed by atoms with van der Waals surface area (Å²) >= 11 is 3.58. The number of benzene rings is 1. The molecule has 0 aromatic heterocycles. The monoisotopic (exact) mass is 224 g/mol. The van der Waals surface area contributed by atoms with Crippen LogP contribution in [0.25, 0.3) is 0 Å². The quantitative estimate of drug-likeness (QED) is 0.629. The molecule has 12 heavy (non-hydrogen) atoms. The minimum absolute atomic E-state index is 0.761. The van der Waals surface area contributed by atoms with E-state index in [1.807, 2.05) is 0 Å². The van der Waals surface area contributed by atoms with Crippen LogP contribution in [0.2, 0.25) is 0 Å². The summed E-state index contributed by atoms with van der Waals surface area (Å²) in [5, 5.41) is 0. The third kappa shape index (κ3) is 1.20. The first kappa shape index (κ1) is 8.31. The van der Waals surface area contributed by atoms with Crippen LogP contribution < -0.4 is 0 Å². The van der Waals surface area contributed by atoms with E-state index in [4.69, 9.17) is 0 Å². The highest BCUT2D eigenvalue weighted by molar-refractivity contribution is 9.10. The van der Waals surface area contributed by atoms with Gasteiger partial charge in [-0.2, -0.15) is 0 Å². The molecule has 2 rings (SSSR count). The highest BCUT2D eigenvalue weighted by Crippen LogP contribution is 2.35. The van der Waals surface area contributed by atoms with Gasteiger partial charge in [-0.1, -0.05) is 28.9 Å². The topological polar surface area (TPSA) is 0 Å². The molecular weight excluding hydrogens is 212 g/mol. The molecule has 0 saturated carbocycles. The number of aryl methyl sites for hydroxylation is 2. The van der Waals surface area contributed by atoms with Crippen molar-refractivity contribution >= 4 is 15.9 Å². The third-order valence-electron chi connectivity index (χ3n) is 2.80. The van der Waals surface area contributed by atoms with Gasteiger partial charge in [-0.25, -0.2) is 0 Å². The van der Waals surface area contributed by atoms with Gasteiger partial charge < -0.3 is 0 Å². The summed E-state index contributed by atoms with van der Waals surface area (Å²) in [6.45, 7) is 4.47. The molecule has 0 radical (unpaired) electrons. The fraction of sp³-hybridized carbons (Fsp3) is 0.455. The molecule has 0 saturated heterocycles. The zero-order valence-electron chi connectivity index (χ0n) is 7.52. The molecule has 0 spiro atoms. The maximum Gasteiger partial charge on any atom is 0.0207 e. The summed E-state index contributed by atoms with van der Waals surface area (Å²) in [6.07, 6.45) is 2.59. The van der Waals surface area contributed by atoms with Crippen LogP contribution in [-0.4, -0.2) is 0 Å². The van der Waals surface area contributed by atoms with Crippen LogP contribution in [0.3, 0.4) is 0 Å². The van der Waals surface area contributed by atoms with Crippen LogP contribution in [0.5, 0.6) is 0 Å². The summed E-state index contributed by atoms with van der Waals surface area (Å²) in [7, 11) is 0. The van der Waals surface area contributed by atoms with Crippen LogP contribution in [0.15, 0.2) is 16.6 Å². The molecule has 1 aromatic carbocycles. The van der Waals surface area contributed by atoms with E-state index in [9.17, 15) is 0 Å². The SMILES string of the molecule is Cc1cc2c(cc1Br)C(C)CC2. The van der Waals surface area contributed by atoms with E-state index in [0.29, 0.717) is 0 Å². The van der Waals surface area contributed by atoms with Crippen LogP contribution >= 0.6 is 15.9 Å². The molecule has 1 aliphatic carbocycles. The second-order valence-electron chi connectivity index (χ2n) is 3.74. The minimum atomic E-state index is 0.761. The lowest BCUT2D eigenvalue weighted by molar-refractivity contribution is 0.747. The van der Waals surface area contributed by atoms with Crippen molar-refractivity contribution in [3.63, 3.8) is 0 Å². The Morgan fingerprint density at radius 3 is 2.92 bits per heavy atom. The lowest BCUT2D eigenvalue weighted by Gasteiger charge is -2.06. The van der Waals surface area contributed by atoms with Gasteiger partial charge in [-0.15, -0.1) is 0 Å². The van der Waals surface area contributed by atoms with Crippen molar-refractivity contribution in [2.45, 2.75) is 32.6 Å². The molecule has 1 unspecified atom stereocenters. The molecule has 0 heterocycles. The third-order valence-corrected chi connectivity index (χ3v) is 3.65. The Labute approximate surface area is 82.1 Å². The van der Waals surface area contributed by atoms with Crippen molar-refractivity contribution in [3.8, 4) is 0 Å². The fourth-order valence-electron chi connectivity index (χ4n) is 1.96. The molecule has 1 aliphatic rings. The molecule has 0 amide bonds. The van der Waals surface area contributed by atoms with Gasteiger partial charge in [-0.05, 0) is 48.4 Å². The van der Waals surface area contributed by atoms with E-state index in [1.165, 1.54) is 22.9 Å².